The highest BCUT2D eigenvalue weighted by Gasteiger charge is 2.22. The van der Waals surface area contributed by atoms with Crippen LogP contribution < -0.4 is 0 Å². The Morgan fingerprint density at radius 2 is 2.13 bits per heavy atom. The molecule has 0 heterocycles. The van der Waals surface area contributed by atoms with E-state index in [1.807, 2.05) is 0 Å². The van der Waals surface area contributed by atoms with Gasteiger partial charge in [-0.15, -0.1) is 0 Å². The summed E-state index contributed by atoms with van der Waals surface area (Å²) in [6.45, 7) is 1.53. The number of benzene rings is 1. The van der Waals surface area contributed by atoms with E-state index in [9.17, 15) is 13.6 Å². The number of hydrogen-bond acceptors (Lipinski definition) is 2. The van der Waals surface area contributed by atoms with Crippen molar-refractivity contribution in [2.24, 2.45) is 0 Å². The molecule has 1 aromatic carbocycles. The molecule has 0 aliphatic heterocycles. The summed E-state index contributed by atoms with van der Waals surface area (Å²) >= 11 is 0. The van der Waals surface area contributed by atoms with Crippen LogP contribution in [0.5, 0.6) is 0 Å². The molecule has 0 atom stereocenters. The third kappa shape index (κ3) is 2.10. The molecule has 0 unspecified atom stereocenters. The second kappa shape index (κ2) is 4.05. The normalized spacial score (nSPS) is 10.1. The van der Waals surface area contributed by atoms with Gasteiger partial charge in [0.05, 0.1) is 11.1 Å². The third-order valence-electron chi connectivity index (χ3n) is 1.88. The van der Waals surface area contributed by atoms with E-state index < -0.39 is 23.5 Å². The summed E-state index contributed by atoms with van der Waals surface area (Å²) in [6.07, 6.45) is -2.90. The molecule has 0 aromatic heterocycles. The average molecular weight is 211 g/mol. The molecular formula is C10H7F2NO2. The summed E-state index contributed by atoms with van der Waals surface area (Å²) in [7, 11) is 0. The number of halogens is 2. The first-order valence-electron chi connectivity index (χ1n) is 4.03. The molecule has 0 aliphatic carbocycles. The number of carbonyl (C=O) groups is 1. The number of rotatable bonds is 2. The first-order valence-corrected chi connectivity index (χ1v) is 4.03. The summed E-state index contributed by atoms with van der Waals surface area (Å²) in [5, 5.41) is 17.4. The summed E-state index contributed by atoms with van der Waals surface area (Å²) in [5.74, 6) is -1.51. The molecule has 78 valence electrons. The fraction of sp³-hybridized carbons (Fsp3) is 0.200. The Morgan fingerprint density at radius 3 is 2.53 bits per heavy atom. The lowest BCUT2D eigenvalue weighted by Gasteiger charge is -2.07. The number of nitrogens with zero attached hydrogens (tertiary/aromatic N) is 1. The van der Waals surface area contributed by atoms with Crippen molar-refractivity contribution in [1.82, 2.24) is 0 Å². The monoisotopic (exact) mass is 211 g/mol. The van der Waals surface area contributed by atoms with Gasteiger partial charge in [0, 0.05) is 5.56 Å². The van der Waals surface area contributed by atoms with Gasteiger partial charge >= 0.3 is 5.97 Å². The molecule has 1 N–H and O–H groups in total. The average Bonchev–Trinajstić information content (AvgIpc) is 2.15. The van der Waals surface area contributed by atoms with Gasteiger partial charge in [0.2, 0.25) is 0 Å². The first-order chi connectivity index (χ1) is 6.97. The number of aryl methyl sites for hydroxylation is 1. The van der Waals surface area contributed by atoms with Crippen LogP contribution in [0, 0.1) is 18.3 Å². The van der Waals surface area contributed by atoms with E-state index in [0.717, 1.165) is 6.07 Å². The quantitative estimate of drug-likeness (QED) is 0.817. The Kier molecular flexibility index (Phi) is 3.00. The summed E-state index contributed by atoms with van der Waals surface area (Å²) < 4.78 is 25.0. The van der Waals surface area contributed by atoms with Crippen molar-refractivity contribution in [1.29, 1.82) is 5.26 Å². The Hall–Kier alpha value is -1.96. The predicted molar refractivity (Wildman–Crippen MR) is 47.8 cm³/mol. The molecule has 15 heavy (non-hydrogen) atoms. The minimum atomic E-state index is -2.90. The van der Waals surface area contributed by atoms with E-state index in [1.165, 1.54) is 13.0 Å². The highest BCUT2D eigenvalue weighted by atomic mass is 19.3. The van der Waals surface area contributed by atoms with Gasteiger partial charge in [-0.3, -0.25) is 0 Å². The zero-order valence-electron chi connectivity index (χ0n) is 7.79. The maximum Gasteiger partial charge on any atom is 0.337 e. The van der Waals surface area contributed by atoms with E-state index in [-0.39, 0.29) is 5.56 Å². The molecule has 0 saturated heterocycles. The summed E-state index contributed by atoms with van der Waals surface area (Å²) in [6, 6.07) is 3.95. The molecular weight excluding hydrogens is 204 g/mol. The van der Waals surface area contributed by atoms with Crippen molar-refractivity contribution in [3.8, 4) is 6.07 Å². The van der Waals surface area contributed by atoms with Crippen molar-refractivity contribution in [3.05, 3.63) is 34.4 Å². The molecule has 5 heteroatoms. The van der Waals surface area contributed by atoms with Crippen LogP contribution in [0.25, 0.3) is 0 Å². The highest BCUT2D eigenvalue weighted by molar-refractivity contribution is 5.92. The molecule has 0 fully saturated rings. The van der Waals surface area contributed by atoms with Gasteiger partial charge in [-0.2, -0.15) is 5.26 Å². The SMILES string of the molecule is Cc1cc(C#N)c(C(=O)O)c(C(F)F)c1. The van der Waals surface area contributed by atoms with Crippen molar-refractivity contribution in [2.45, 2.75) is 13.3 Å². The van der Waals surface area contributed by atoms with Gasteiger partial charge in [0.25, 0.3) is 6.43 Å². The topological polar surface area (TPSA) is 61.1 Å². The Bertz CT molecular complexity index is 449. The molecule has 0 aliphatic rings. The second-order valence-corrected chi connectivity index (χ2v) is 2.99. The van der Waals surface area contributed by atoms with Crippen LogP contribution in [-0.4, -0.2) is 11.1 Å². The van der Waals surface area contributed by atoms with Gasteiger partial charge < -0.3 is 5.11 Å². The number of hydrogen-bond donors (Lipinski definition) is 1. The zero-order chi connectivity index (χ0) is 11.6. The maximum atomic E-state index is 12.5. The number of nitriles is 1. The lowest BCUT2D eigenvalue weighted by atomic mass is 9.99. The Balaban J connectivity index is 3.56. The van der Waals surface area contributed by atoms with Crippen LogP contribution in [0.15, 0.2) is 12.1 Å². The molecule has 0 saturated carbocycles. The summed E-state index contributed by atoms with van der Waals surface area (Å²) in [5.41, 5.74) is -1.03. The van der Waals surface area contributed by atoms with Gasteiger partial charge in [0.1, 0.15) is 6.07 Å². The van der Waals surface area contributed by atoms with Crippen LogP contribution in [-0.2, 0) is 0 Å². The molecule has 0 amide bonds. The maximum absolute atomic E-state index is 12.5. The molecule has 3 nitrogen and oxygen atoms in total. The van der Waals surface area contributed by atoms with Gasteiger partial charge in [-0.1, -0.05) is 0 Å². The Labute approximate surface area is 84.6 Å². The number of carboxylic acids is 1. The molecule has 0 radical (unpaired) electrons. The Morgan fingerprint density at radius 1 is 1.53 bits per heavy atom. The van der Waals surface area contributed by atoms with Crippen molar-refractivity contribution in [2.75, 3.05) is 0 Å². The smallest absolute Gasteiger partial charge is 0.337 e. The standard InChI is InChI=1S/C10H7F2NO2/c1-5-2-6(4-13)8(10(14)15)7(3-5)9(11)12/h2-3,9H,1H3,(H,14,15). The van der Waals surface area contributed by atoms with Crippen LogP contribution in [0.3, 0.4) is 0 Å². The summed E-state index contributed by atoms with van der Waals surface area (Å²) in [4.78, 5) is 10.7. The fourth-order valence-electron chi connectivity index (χ4n) is 1.31. The molecule has 0 spiro atoms. The number of alkyl halides is 2. The van der Waals surface area contributed by atoms with Gasteiger partial charge in [0.15, 0.2) is 0 Å². The highest BCUT2D eigenvalue weighted by Crippen LogP contribution is 2.26. The van der Waals surface area contributed by atoms with E-state index in [0.29, 0.717) is 5.56 Å². The number of aromatic carboxylic acids is 1. The van der Waals surface area contributed by atoms with Crippen molar-refractivity contribution in [3.63, 3.8) is 0 Å². The van der Waals surface area contributed by atoms with Crippen LogP contribution >= 0.6 is 0 Å². The lowest BCUT2D eigenvalue weighted by Crippen LogP contribution is -2.06. The van der Waals surface area contributed by atoms with E-state index in [4.69, 9.17) is 10.4 Å². The minimum absolute atomic E-state index is 0.238. The molecule has 1 aromatic rings. The molecule has 1 rings (SSSR count). The van der Waals surface area contributed by atoms with Crippen LogP contribution in [0.4, 0.5) is 8.78 Å². The number of carboxylic acid groups (broad SMARTS) is 1. The third-order valence-corrected chi connectivity index (χ3v) is 1.88. The lowest BCUT2D eigenvalue weighted by molar-refractivity contribution is 0.0684. The first kappa shape index (κ1) is 11.1. The van der Waals surface area contributed by atoms with Gasteiger partial charge in [-0.05, 0) is 24.6 Å². The largest absolute Gasteiger partial charge is 0.478 e. The van der Waals surface area contributed by atoms with Crippen LogP contribution in [0.2, 0.25) is 0 Å². The van der Waals surface area contributed by atoms with Gasteiger partial charge in [-0.25, -0.2) is 13.6 Å². The van der Waals surface area contributed by atoms with Crippen LogP contribution in [0.1, 0.15) is 33.5 Å². The predicted octanol–water partition coefficient (Wildman–Crippen LogP) is 2.50. The molecule has 0 bridgehead atoms. The van der Waals surface area contributed by atoms with Crippen molar-refractivity contribution >= 4 is 5.97 Å². The van der Waals surface area contributed by atoms with E-state index in [1.54, 1.807) is 6.07 Å². The fourth-order valence-corrected chi connectivity index (χ4v) is 1.31. The zero-order valence-corrected chi connectivity index (χ0v) is 7.79. The van der Waals surface area contributed by atoms with E-state index >= 15 is 0 Å². The van der Waals surface area contributed by atoms with E-state index in [2.05, 4.69) is 0 Å². The second-order valence-electron chi connectivity index (χ2n) is 2.99. The van der Waals surface area contributed by atoms with Crippen molar-refractivity contribution < 1.29 is 18.7 Å². The minimum Gasteiger partial charge on any atom is -0.478 e.